The van der Waals surface area contributed by atoms with Crippen LogP contribution in [0.3, 0.4) is 0 Å². The summed E-state index contributed by atoms with van der Waals surface area (Å²) in [7, 11) is 1.92. The molecule has 1 saturated heterocycles. The minimum absolute atomic E-state index is 0.0936. The van der Waals surface area contributed by atoms with Crippen molar-refractivity contribution in [2.75, 3.05) is 20.1 Å². The number of halogens is 3. The number of hydrogen-bond acceptors (Lipinski definition) is 2. The Bertz CT molecular complexity index is 325. The van der Waals surface area contributed by atoms with E-state index in [2.05, 4.69) is 5.10 Å². The lowest BCUT2D eigenvalue weighted by Gasteiger charge is -2.36. The number of likely N-dealkylation sites (tertiary alicyclic amines) is 1. The summed E-state index contributed by atoms with van der Waals surface area (Å²) in [5.74, 6) is 0. The number of aromatic nitrogens is 2. The summed E-state index contributed by atoms with van der Waals surface area (Å²) in [6.07, 6.45) is -2.94. The van der Waals surface area contributed by atoms with Crippen LogP contribution in [-0.4, -0.2) is 34.8 Å². The van der Waals surface area contributed by atoms with Gasteiger partial charge in [0, 0.05) is 19.3 Å². The van der Waals surface area contributed by atoms with Crippen LogP contribution in [0.2, 0.25) is 0 Å². The lowest BCUT2D eigenvalue weighted by Crippen LogP contribution is -2.45. The fraction of sp³-hybridized carbons (Fsp3) is 0.625. The second-order valence-electron chi connectivity index (χ2n) is 3.55. The summed E-state index contributed by atoms with van der Waals surface area (Å²) in [4.78, 5) is 2.03. The molecule has 0 radical (unpaired) electrons. The van der Waals surface area contributed by atoms with E-state index >= 15 is 0 Å². The van der Waals surface area contributed by atoms with Crippen LogP contribution in [0.15, 0.2) is 12.3 Å². The van der Waals surface area contributed by atoms with Gasteiger partial charge in [-0.15, -0.1) is 0 Å². The maximum absolute atomic E-state index is 12.2. The lowest BCUT2D eigenvalue weighted by atomic mass is 10.1. The van der Waals surface area contributed by atoms with Crippen molar-refractivity contribution in [2.24, 2.45) is 0 Å². The molecule has 0 amide bonds. The number of hydrogen-bond donors (Lipinski definition) is 0. The lowest BCUT2D eigenvalue weighted by molar-refractivity contribution is -0.141. The third-order valence-corrected chi connectivity index (χ3v) is 2.32. The SMILES string of the molecule is CN1CC(n2ccc(C(F)(F)F)n2)C1. The minimum atomic E-state index is -4.33. The molecule has 1 aliphatic heterocycles. The standard InChI is InChI=1S/C8H10F3N3/c1-13-4-6(5-13)14-3-2-7(12-14)8(9,10)11/h2-3,6H,4-5H2,1H3. The molecular formula is C8H10F3N3. The summed E-state index contributed by atoms with van der Waals surface area (Å²) in [6.45, 7) is 1.53. The fourth-order valence-corrected chi connectivity index (χ4v) is 1.53. The highest BCUT2D eigenvalue weighted by Crippen LogP contribution is 2.28. The van der Waals surface area contributed by atoms with Crippen LogP contribution in [0.1, 0.15) is 11.7 Å². The molecule has 1 aromatic heterocycles. The molecule has 0 N–H and O–H groups in total. The van der Waals surface area contributed by atoms with E-state index in [1.807, 2.05) is 11.9 Å². The van der Waals surface area contributed by atoms with Crippen molar-refractivity contribution >= 4 is 0 Å². The van der Waals surface area contributed by atoms with Gasteiger partial charge in [0.2, 0.25) is 0 Å². The zero-order valence-corrected chi connectivity index (χ0v) is 7.62. The van der Waals surface area contributed by atoms with Crippen molar-refractivity contribution in [1.82, 2.24) is 14.7 Å². The Morgan fingerprint density at radius 2 is 2.07 bits per heavy atom. The van der Waals surface area contributed by atoms with Crippen molar-refractivity contribution in [1.29, 1.82) is 0 Å². The van der Waals surface area contributed by atoms with Gasteiger partial charge in [-0.3, -0.25) is 4.68 Å². The van der Waals surface area contributed by atoms with Crippen molar-refractivity contribution in [3.05, 3.63) is 18.0 Å². The van der Waals surface area contributed by atoms with Crippen molar-refractivity contribution in [3.63, 3.8) is 0 Å². The normalized spacial score (nSPS) is 19.7. The van der Waals surface area contributed by atoms with Gasteiger partial charge in [-0.2, -0.15) is 18.3 Å². The third kappa shape index (κ3) is 1.61. The van der Waals surface area contributed by atoms with Gasteiger partial charge in [0.1, 0.15) is 0 Å². The Hall–Kier alpha value is -1.04. The van der Waals surface area contributed by atoms with Crippen molar-refractivity contribution < 1.29 is 13.2 Å². The van der Waals surface area contributed by atoms with Gasteiger partial charge in [-0.25, -0.2) is 0 Å². The maximum atomic E-state index is 12.2. The number of alkyl halides is 3. The summed E-state index contributed by atoms with van der Waals surface area (Å²) in [5.41, 5.74) is -0.813. The summed E-state index contributed by atoms with van der Waals surface area (Å²) in [5, 5.41) is 3.50. The maximum Gasteiger partial charge on any atom is 0.435 e. The van der Waals surface area contributed by atoms with Gasteiger partial charge in [0.25, 0.3) is 0 Å². The molecule has 0 saturated carbocycles. The van der Waals surface area contributed by atoms with E-state index in [1.165, 1.54) is 10.9 Å². The topological polar surface area (TPSA) is 21.1 Å². The van der Waals surface area contributed by atoms with E-state index in [-0.39, 0.29) is 6.04 Å². The Morgan fingerprint density at radius 1 is 1.43 bits per heavy atom. The van der Waals surface area contributed by atoms with Crippen LogP contribution in [0, 0.1) is 0 Å². The van der Waals surface area contributed by atoms with Gasteiger partial charge < -0.3 is 4.90 Å². The van der Waals surface area contributed by atoms with Gasteiger partial charge in [0.15, 0.2) is 5.69 Å². The first-order valence-corrected chi connectivity index (χ1v) is 4.28. The van der Waals surface area contributed by atoms with E-state index in [9.17, 15) is 13.2 Å². The molecule has 2 heterocycles. The molecule has 0 bridgehead atoms. The largest absolute Gasteiger partial charge is 0.435 e. The average Bonchev–Trinajstić information content (AvgIpc) is 2.45. The van der Waals surface area contributed by atoms with Gasteiger partial charge in [0.05, 0.1) is 6.04 Å². The van der Waals surface area contributed by atoms with Gasteiger partial charge >= 0.3 is 6.18 Å². The van der Waals surface area contributed by atoms with Crippen LogP contribution in [0.5, 0.6) is 0 Å². The molecule has 1 aliphatic rings. The summed E-state index contributed by atoms with van der Waals surface area (Å²) < 4.78 is 37.9. The van der Waals surface area contributed by atoms with E-state index in [0.717, 1.165) is 19.2 Å². The number of nitrogens with zero attached hydrogens (tertiary/aromatic N) is 3. The highest BCUT2D eigenvalue weighted by Gasteiger charge is 2.35. The summed E-state index contributed by atoms with van der Waals surface area (Å²) in [6, 6.07) is 1.11. The van der Waals surface area contributed by atoms with Crippen molar-refractivity contribution in [2.45, 2.75) is 12.2 Å². The first kappa shape index (κ1) is 9.51. The van der Waals surface area contributed by atoms with Crippen LogP contribution < -0.4 is 0 Å². The zero-order valence-electron chi connectivity index (χ0n) is 7.62. The van der Waals surface area contributed by atoms with E-state index in [0.29, 0.717) is 0 Å². The molecule has 78 valence electrons. The molecule has 0 atom stereocenters. The zero-order chi connectivity index (χ0) is 10.3. The van der Waals surface area contributed by atoms with Crippen molar-refractivity contribution in [3.8, 4) is 0 Å². The molecule has 6 heteroatoms. The van der Waals surface area contributed by atoms with Gasteiger partial charge in [-0.1, -0.05) is 0 Å². The van der Waals surface area contributed by atoms with Crippen LogP contribution in [-0.2, 0) is 6.18 Å². The average molecular weight is 205 g/mol. The predicted octanol–water partition coefficient (Wildman–Crippen LogP) is 1.39. The first-order valence-electron chi connectivity index (χ1n) is 4.28. The quantitative estimate of drug-likeness (QED) is 0.690. The highest BCUT2D eigenvalue weighted by molar-refractivity contribution is 5.04. The minimum Gasteiger partial charge on any atom is -0.302 e. The molecule has 2 rings (SSSR count). The molecular weight excluding hydrogens is 195 g/mol. The molecule has 0 aliphatic carbocycles. The monoisotopic (exact) mass is 205 g/mol. The molecule has 0 aromatic carbocycles. The van der Waals surface area contributed by atoms with Gasteiger partial charge in [-0.05, 0) is 13.1 Å². The van der Waals surface area contributed by atoms with E-state index in [4.69, 9.17) is 0 Å². The molecule has 14 heavy (non-hydrogen) atoms. The highest BCUT2D eigenvalue weighted by atomic mass is 19.4. The van der Waals surface area contributed by atoms with Crippen LogP contribution >= 0.6 is 0 Å². The summed E-state index contributed by atoms with van der Waals surface area (Å²) >= 11 is 0. The fourth-order valence-electron chi connectivity index (χ4n) is 1.53. The van der Waals surface area contributed by atoms with E-state index in [1.54, 1.807) is 0 Å². The Kier molecular flexibility index (Phi) is 2.02. The number of likely N-dealkylation sites (N-methyl/N-ethyl adjacent to an activating group) is 1. The molecule has 1 aromatic rings. The Morgan fingerprint density at radius 3 is 2.50 bits per heavy atom. The predicted molar refractivity (Wildman–Crippen MR) is 43.8 cm³/mol. The third-order valence-electron chi connectivity index (χ3n) is 2.32. The first-order chi connectivity index (χ1) is 6.47. The molecule has 0 spiro atoms. The smallest absolute Gasteiger partial charge is 0.302 e. The second kappa shape index (κ2) is 2.98. The van der Waals surface area contributed by atoms with E-state index < -0.39 is 11.9 Å². The second-order valence-corrected chi connectivity index (χ2v) is 3.55. The molecule has 1 fully saturated rings. The molecule has 0 unspecified atom stereocenters. The van der Waals surface area contributed by atoms with Crippen LogP contribution in [0.25, 0.3) is 0 Å². The number of rotatable bonds is 1. The molecule has 3 nitrogen and oxygen atoms in total. The Labute approximate surface area is 79.1 Å². The Balaban J connectivity index is 2.11. The van der Waals surface area contributed by atoms with Crippen LogP contribution in [0.4, 0.5) is 13.2 Å².